The van der Waals surface area contributed by atoms with Gasteiger partial charge in [-0.1, -0.05) is 25.0 Å². The summed E-state index contributed by atoms with van der Waals surface area (Å²) < 4.78 is 4.64. The Morgan fingerprint density at radius 2 is 1.29 bits per heavy atom. The smallest absolute Gasteiger partial charge is 0.870 e. The van der Waals surface area contributed by atoms with Gasteiger partial charge in [0.25, 0.3) is 0 Å². The molecule has 2 fully saturated rings. The molecule has 31 heavy (non-hydrogen) atoms. The standard InChI is InChI=1S/C12H15NO2.C11H13NO2.Na.H2O/c1-15-12(14)9-5-6-10(11(13)7-9)8-3-2-4-8;12-10-6-8(11(13)14)4-5-9(10)7-2-1-3-7;;/h5-8H,2-4,13H2,1H3;4-7H,1-3,12H2,(H,13,14);;1H2/q;;+1;/p-1. The maximum absolute atomic E-state index is 11.3. The average molecular weight is 436 g/mol. The van der Waals surface area contributed by atoms with Crippen molar-refractivity contribution >= 4 is 23.3 Å². The summed E-state index contributed by atoms with van der Waals surface area (Å²) in [6.07, 6.45) is 7.31. The minimum atomic E-state index is -0.920. The van der Waals surface area contributed by atoms with Gasteiger partial charge >= 0.3 is 41.5 Å². The molecule has 0 radical (unpaired) electrons. The van der Waals surface area contributed by atoms with Gasteiger partial charge in [0.2, 0.25) is 0 Å². The zero-order valence-electron chi connectivity index (χ0n) is 18.1. The molecule has 0 bridgehead atoms. The molecule has 0 aromatic heterocycles. The van der Waals surface area contributed by atoms with Crippen molar-refractivity contribution in [3.63, 3.8) is 0 Å². The molecule has 2 aliphatic carbocycles. The van der Waals surface area contributed by atoms with Crippen LogP contribution in [-0.4, -0.2) is 29.6 Å². The van der Waals surface area contributed by atoms with Crippen LogP contribution in [0.3, 0.4) is 0 Å². The summed E-state index contributed by atoms with van der Waals surface area (Å²) in [6, 6.07) is 10.5. The zero-order valence-corrected chi connectivity index (χ0v) is 20.1. The second-order valence-corrected chi connectivity index (χ2v) is 7.74. The second kappa shape index (κ2) is 12.1. The van der Waals surface area contributed by atoms with Gasteiger partial charge in [0.1, 0.15) is 0 Å². The van der Waals surface area contributed by atoms with Gasteiger partial charge in [0.15, 0.2) is 0 Å². The normalized spacial score (nSPS) is 15.0. The Kier molecular flexibility index (Phi) is 10.5. The van der Waals surface area contributed by atoms with Crippen LogP contribution in [0.4, 0.5) is 11.4 Å². The van der Waals surface area contributed by atoms with Crippen molar-refractivity contribution in [2.45, 2.75) is 50.4 Å². The van der Waals surface area contributed by atoms with Crippen molar-refractivity contribution in [3.8, 4) is 0 Å². The molecule has 0 atom stereocenters. The third-order valence-electron chi connectivity index (χ3n) is 5.93. The van der Waals surface area contributed by atoms with E-state index in [9.17, 15) is 9.59 Å². The van der Waals surface area contributed by atoms with Crippen molar-refractivity contribution in [2.24, 2.45) is 0 Å². The summed E-state index contributed by atoms with van der Waals surface area (Å²) in [5.74, 6) is -0.103. The van der Waals surface area contributed by atoms with Gasteiger partial charge < -0.3 is 26.8 Å². The van der Waals surface area contributed by atoms with Crippen LogP contribution in [0, 0.1) is 0 Å². The first-order chi connectivity index (χ1) is 13.9. The van der Waals surface area contributed by atoms with Crippen LogP contribution >= 0.6 is 0 Å². The molecule has 0 spiro atoms. The molecule has 2 aliphatic rings. The maximum Gasteiger partial charge on any atom is 1.00 e. The Morgan fingerprint density at radius 1 is 0.871 bits per heavy atom. The van der Waals surface area contributed by atoms with Gasteiger partial charge in [-0.05, 0) is 72.9 Å². The van der Waals surface area contributed by atoms with Gasteiger partial charge in [-0.3, -0.25) is 0 Å². The fourth-order valence-corrected chi connectivity index (χ4v) is 3.71. The third-order valence-corrected chi connectivity index (χ3v) is 5.93. The van der Waals surface area contributed by atoms with Crippen molar-refractivity contribution < 1.29 is 54.5 Å². The molecule has 7 nitrogen and oxygen atoms in total. The summed E-state index contributed by atoms with van der Waals surface area (Å²) in [6.45, 7) is 0. The van der Waals surface area contributed by atoms with Crippen LogP contribution in [0.2, 0.25) is 0 Å². The number of esters is 1. The zero-order chi connectivity index (χ0) is 21.0. The Labute approximate surface area is 204 Å². The molecule has 2 aromatic rings. The number of carbonyl (C=O) groups excluding carboxylic acids is 1. The Balaban J connectivity index is 0.000000292. The molecular formula is C23H29N2NaO5. The number of carboxylic acids is 1. The summed E-state index contributed by atoms with van der Waals surface area (Å²) >= 11 is 0. The van der Waals surface area contributed by atoms with Gasteiger partial charge in [-0.25, -0.2) is 9.59 Å². The molecule has 0 aliphatic heterocycles. The predicted octanol–water partition coefficient (Wildman–Crippen LogP) is 1.38. The first-order valence-corrected chi connectivity index (χ1v) is 10.0. The Bertz CT molecular complexity index is 911. The number of hydrogen-bond acceptors (Lipinski definition) is 6. The van der Waals surface area contributed by atoms with E-state index in [1.807, 2.05) is 12.1 Å². The van der Waals surface area contributed by atoms with Gasteiger partial charge in [-0.15, -0.1) is 0 Å². The van der Waals surface area contributed by atoms with E-state index in [1.54, 1.807) is 24.3 Å². The van der Waals surface area contributed by atoms with Crippen LogP contribution in [0.1, 0.15) is 82.2 Å². The Hall–Kier alpha value is -2.06. The number of carbonyl (C=O) groups is 2. The minimum absolute atomic E-state index is 0. The van der Waals surface area contributed by atoms with E-state index < -0.39 is 5.97 Å². The molecule has 162 valence electrons. The Morgan fingerprint density at radius 3 is 1.61 bits per heavy atom. The van der Waals surface area contributed by atoms with E-state index in [4.69, 9.17) is 16.6 Å². The van der Waals surface area contributed by atoms with Crippen LogP contribution in [0.15, 0.2) is 36.4 Å². The van der Waals surface area contributed by atoms with E-state index in [1.165, 1.54) is 51.2 Å². The topological polar surface area (TPSA) is 146 Å². The van der Waals surface area contributed by atoms with Crippen molar-refractivity contribution in [1.29, 1.82) is 0 Å². The molecule has 0 unspecified atom stereocenters. The largest absolute Gasteiger partial charge is 1.00 e. The number of nitrogen functional groups attached to an aromatic ring is 2. The van der Waals surface area contributed by atoms with E-state index in [0.29, 0.717) is 28.8 Å². The molecule has 8 heteroatoms. The summed E-state index contributed by atoms with van der Waals surface area (Å²) in [4.78, 5) is 21.9. The summed E-state index contributed by atoms with van der Waals surface area (Å²) in [5, 5.41) is 8.75. The van der Waals surface area contributed by atoms with E-state index >= 15 is 0 Å². The molecule has 6 N–H and O–H groups in total. The van der Waals surface area contributed by atoms with Crippen molar-refractivity contribution in [2.75, 3.05) is 18.6 Å². The second-order valence-electron chi connectivity index (χ2n) is 7.74. The molecule has 4 rings (SSSR count). The number of benzene rings is 2. The van der Waals surface area contributed by atoms with Gasteiger partial charge in [0.05, 0.1) is 18.2 Å². The van der Waals surface area contributed by atoms with E-state index in [2.05, 4.69) is 4.74 Å². The number of anilines is 2. The van der Waals surface area contributed by atoms with E-state index in [0.717, 1.165) is 5.56 Å². The quantitative estimate of drug-likeness (QED) is 0.373. The molecule has 2 aromatic carbocycles. The first-order valence-electron chi connectivity index (χ1n) is 10.0. The fraction of sp³-hybridized carbons (Fsp3) is 0.391. The van der Waals surface area contributed by atoms with Crippen LogP contribution in [0.25, 0.3) is 0 Å². The average Bonchev–Trinajstić information content (AvgIpc) is 2.61. The van der Waals surface area contributed by atoms with Crippen LogP contribution in [-0.2, 0) is 4.74 Å². The SMILES string of the molecule is COC(=O)c1ccc(C2CCC2)c(N)c1.Nc1cc(C(=O)O)ccc1C1CCC1.[Na+].[OH-]. The van der Waals surface area contributed by atoms with Crippen molar-refractivity contribution in [1.82, 2.24) is 0 Å². The minimum Gasteiger partial charge on any atom is -0.870 e. The van der Waals surface area contributed by atoms with Crippen LogP contribution in [0.5, 0.6) is 0 Å². The van der Waals surface area contributed by atoms with E-state index in [-0.39, 0.29) is 46.6 Å². The molecule has 2 saturated carbocycles. The molecule has 0 saturated heterocycles. The predicted molar refractivity (Wildman–Crippen MR) is 115 cm³/mol. The maximum atomic E-state index is 11.3. The number of methoxy groups -OCH3 is 1. The molecule has 0 heterocycles. The number of aromatic carboxylic acids is 1. The number of nitrogens with two attached hydrogens (primary N) is 2. The molecular weight excluding hydrogens is 407 g/mol. The van der Waals surface area contributed by atoms with Crippen LogP contribution < -0.4 is 41.0 Å². The number of ether oxygens (including phenoxy) is 1. The monoisotopic (exact) mass is 436 g/mol. The summed E-state index contributed by atoms with van der Waals surface area (Å²) in [7, 11) is 1.37. The number of hydrogen-bond donors (Lipinski definition) is 3. The number of rotatable bonds is 4. The fourth-order valence-electron chi connectivity index (χ4n) is 3.71. The van der Waals surface area contributed by atoms with Gasteiger partial charge in [0, 0.05) is 11.4 Å². The first kappa shape index (κ1) is 27.0. The van der Waals surface area contributed by atoms with Gasteiger partial charge in [-0.2, -0.15) is 0 Å². The van der Waals surface area contributed by atoms with Crippen molar-refractivity contribution in [3.05, 3.63) is 58.7 Å². The third kappa shape index (κ3) is 6.46. The summed E-state index contributed by atoms with van der Waals surface area (Å²) in [5.41, 5.74) is 16.1. The number of carboxylic acid groups (broad SMARTS) is 1. The molecule has 0 amide bonds.